The summed E-state index contributed by atoms with van der Waals surface area (Å²) in [7, 11) is 3.10. The lowest BCUT2D eigenvalue weighted by atomic mass is 10.1. The molecule has 7 heteroatoms. The van der Waals surface area contributed by atoms with Gasteiger partial charge in [-0.25, -0.2) is 4.39 Å². The molecule has 0 saturated carbocycles. The second kappa shape index (κ2) is 11.0. The van der Waals surface area contributed by atoms with E-state index in [1.165, 1.54) is 18.0 Å². The highest BCUT2D eigenvalue weighted by Gasteiger charge is 2.25. The SMILES string of the molecule is CNC(=O)[C@H](C)N(Cc1ccccc1F)C(=O)CCCOc1ccc(OC)cc1. The number of rotatable bonds is 10. The first-order chi connectivity index (χ1) is 14.0. The van der Waals surface area contributed by atoms with E-state index in [2.05, 4.69) is 5.32 Å². The van der Waals surface area contributed by atoms with E-state index >= 15 is 0 Å². The van der Waals surface area contributed by atoms with Crippen molar-refractivity contribution in [1.29, 1.82) is 0 Å². The van der Waals surface area contributed by atoms with Crippen LogP contribution < -0.4 is 14.8 Å². The van der Waals surface area contributed by atoms with Gasteiger partial charge in [0.25, 0.3) is 0 Å². The second-order valence-corrected chi connectivity index (χ2v) is 6.53. The van der Waals surface area contributed by atoms with Gasteiger partial charge in [0, 0.05) is 25.6 Å². The average Bonchev–Trinajstić information content (AvgIpc) is 2.75. The number of amides is 2. The Morgan fingerprint density at radius 2 is 1.76 bits per heavy atom. The van der Waals surface area contributed by atoms with Crippen molar-refractivity contribution in [1.82, 2.24) is 10.2 Å². The number of methoxy groups -OCH3 is 1. The van der Waals surface area contributed by atoms with Gasteiger partial charge in [0.2, 0.25) is 11.8 Å². The molecule has 0 radical (unpaired) electrons. The minimum atomic E-state index is -0.713. The lowest BCUT2D eigenvalue weighted by molar-refractivity contribution is -0.140. The van der Waals surface area contributed by atoms with E-state index in [-0.39, 0.29) is 24.8 Å². The van der Waals surface area contributed by atoms with Crippen LogP contribution in [0.2, 0.25) is 0 Å². The van der Waals surface area contributed by atoms with Crippen LogP contribution >= 0.6 is 0 Å². The molecule has 0 spiro atoms. The monoisotopic (exact) mass is 402 g/mol. The van der Waals surface area contributed by atoms with Crippen molar-refractivity contribution in [2.24, 2.45) is 0 Å². The third-order valence-electron chi connectivity index (χ3n) is 4.58. The van der Waals surface area contributed by atoms with Crippen LogP contribution in [0.3, 0.4) is 0 Å². The first kappa shape index (κ1) is 22.2. The zero-order valence-corrected chi connectivity index (χ0v) is 17.0. The van der Waals surface area contributed by atoms with Gasteiger partial charge in [-0.05, 0) is 43.7 Å². The Bertz CT molecular complexity index is 811. The minimum Gasteiger partial charge on any atom is -0.497 e. The van der Waals surface area contributed by atoms with Gasteiger partial charge in [-0.3, -0.25) is 9.59 Å². The second-order valence-electron chi connectivity index (χ2n) is 6.53. The Labute approximate surface area is 170 Å². The van der Waals surface area contributed by atoms with Gasteiger partial charge in [0.15, 0.2) is 0 Å². The van der Waals surface area contributed by atoms with Gasteiger partial charge in [0.1, 0.15) is 23.4 Å². The summed E-state index contributed by atoms with van der Waals surface area (Å²) in [5.41, 5.74) is 0.367. The fraction of sp³-hybridized carbons (Fsp3) is 0.364. The number of carbonyl (C=O) groups excluding carboxylic acids is 2. The number of benzene rings is 2. The fourth-order valence-electron chi connectivity index (χ4n) is 2.83. The van der Waals surface area contributed by atoms with E-state index in [1.807, 2.05) is 0 Å². The molecule has 0 saturated heterocycles. The molecule has 2 amide bonds. The summed E-state index contributed by atoms with van der Waals surface area (Å²) in [4.78, 5) is 26.2. The third kappa shape index (κ3) is 6.48. The summed E-state index contributed by atoms with van der Waals surface area (Å²) in [6.45, 7) is 2.00. The van der Waals surface area contributed by atoms with E-state index in [0.29, 0.717) is 24.3 Å². The summed E-state index contributed by atoms with van der Waals surface area (Å²) in [6, 6.07) is 12.7. The predicted molar refractivity (Wildman–Crippen MR) is 108 cm³/mol. The molecule has 2 aromatic rings. The van der Waals surface area contributed by atoms with Crippen molar-refractivity contribution in [2.75, 3.05) is 20.8 Å². The van der Waals surface area contributed by atoms with E-state index in [1.54, 1.807) is 56.5 Å². The van der Waals surface area contributed by atoms with Crippen LogP contribution in [0.1, 0.15) is 25.3 Å². The van der Waals surface area contributed by atoms with Crippen molar-refractivity contribution in [3.8, 4) is 11.5 Å². The highest BCUT2D eigenvalue weighted by atomic mass is 19.1. The molecule has 2 rings (SSSR count). The van der Waals surface area contributed by atoms with Crippen molar-refractivity contribution in [3.05, 3.63) is 59.9 Å². The summed E-state index contributed by atoms with van der Waals surface area (Å²) < 4.78 is 24.8. The number of likely N-dealkylation sites (N-methyl/N-ethyl adjacent to an activating group) is 1. The Morgan fingerprint density at radius 1 is 1.10 bits per heavy atom. The largest absolute Gasteiger partial charge is 0.497 e. The molecule has 0 aliphatic carbocycles. The van der Waals surface area contributed by atoms with Crippen LogP contribution in [0.4, 0.5) is 4.39 Å². The van der Waals surface area contributed by atoms with Crippen LogP contribution in [-0.2, 0) is 16.1 Å². The number of ether oxygens (including phenoxy) is 2. The van der Waals surface area contributed by atoms with Crippen LogP contribution in [-0.4, -0.2) is 43.5 Å². The van der Waals surface area contributed by atoms with Crippen molar-refractivity contribution in [2.45, 2.75) is 32.4 Å². The van der Waals surface area contributed by atoms with Crippen LogP contribution in [0.5, 0.6) is 11.5 Å². The molecule has 0 heterocycles. The summed E-state index contributed by atoms with van der Waals surface area (Å²) in [6.07, 6.45) is 0.658. The minimum absolute atomic E-state index is 0.0272. The Kier molecular flexibility index (Phi) is 8.45. The third-order valence-corrected chi connectivity index (χ3v) is 4.58. The van der Waals surface area contributed by atoms with E-state index < -0.39 is 11.9 Å². The molecule has 156 valence electrons. The number of hydrogen-bond donors (Lipinski definition) is 1. The van der Waals surface area contributed by atoms with Gasteiger partial charge in [-0.1, -0.05) is 18.2 Å². The molecule has 0 aliphatic heterocycles. The molecule has 2 aromatic carbocycles. The molecule has 0 bridgehead atoms. The molecule has 1 N–H and O–H groups in total. The summed E-state index contributed by atoms with van der Waals surface area (Å²) in [5.74, 6) is 0.476. The molecule has 1 atom stereocenters. The molecule has 29 heavy (non-hydrogen) atoms. The lowest BCUT2D eigenvalue weighted by Gasteiger charge is -2.28. The fourth-order valence-corrected chi connectivity index (χ4v) is 2.83. The molecule has 6 nitrogen and oxygen atoms in total. The Morgan fingerprint density at radius 3 is 2.38 bits per heavy atom. The first-order valence-corrected chi connectivity index (χ1v) is 9.47. The number of hydrogen-bond acceptors (Lipinski definition) is 4. The van der Waals surface area contributed by atoms with Crippen molar-refractivity contribution >= 4 is 11.8 Å². The van der Waals surface area contributed by atoms with Gasteiger partial charge in [-0.15, -0.1) is 0 Å². The number of nitrogens with one attached hydrogen (secondary N) is 1. The van der Waals surface area contributed by atoms with E-state index in [4.69, 9.17) is 9.47 Å². The Hall–Kier alpha value is -3.09. The molecule has 0 aromatic heterocycles. The smallest absolute Gasteiger partial charge is 0.242 e. The standard InChI is InChI=1S/C22H27FN2O4/c1-16(22(27)24-2)25(15-17-7-4-5-8-20(17)23)21(26)9-6-14-29-19-12-10-18(28-3)11-13-19/h4-5,7-8,10-13,16H,6,9,14-15H2,1-3H3,(H,24,27)/t16-/m0/s1. The topological polar surface area (TPSA) is 67.9 Å². The zero-order chi connectivity index (χ0) is 21.2. The highest BCUT2D eigenvalue weighted by Crippen LogP contribution is 2.18. The summed E-state index contributed by atoms with van der Waals surface area (Å²) in [5, 5.41) is 2.54. The van der Waals surface area contributed by atoms with E-state index in [9.17, 15) is 14.0 Å². The van der Waals surface area contributed by atoms with E-state index in [0.717, 1.165) is 5.75 Å². The van der Waals surface area contributed by atoms with Gasteiger partial charge < -0.3 is 19.7 Å². The number of nitrogens with zero attached hydrogens (tertiary/aromatic N) is 1. The zero-order valence-electron chi connectivity index (χ0n) is 17.0. The lowest BCUT2D eigenvalue weighted by Crippen LogP contribution is -2.46. The molecule has 0 fully saturated rings. The molecule has 0 unspecified atom stereocenters. The Balaban J connectivity index is 1.95. The summed E-state index contributed by atoms with van der Waals surface area (Å²) >= 11 is 0. The molecular weight excluding hydrogens is 375 g/mol. The van der Waals surface area contributed by atoms with Crippen LogP contribution in [0, 0.1) is 5.82 Å². The maximum absolute atomic E-state index is 14.0. The number of carbonyl (C=O) groups is 2. The first-order valence-electron chi connectivity index (χ1n) is 9.47. The molecule has 0 aliphatic rings. The normalized spacial score (nSPS) is 11.4. The van der Waals surface area contributed by atoms with Crippen molar-refractivity contribution in [3.63, 3.8) is 0 Å². The van der Waals surface area contributed by atoms with Gasteiger partial charge in [-0.2, -0.15) is 0 Å². The average molecular weight is 402 g/mol. The molecular formula is C22H27FN2O4. The maximum Gasteiger partial charge on any atom is 0.242 e. The van der Waals surface area contributed by atoms with Crippen molar-refractivity contribution < 1.29 is 23.5 Å². The van der Waals surface area contributed by atoms with Crippen LogP contribution in [0.25, 0.3) is 0 Å². The van der Waals surface area contributed by atoms with Gasteiger partial charge in [0.05, 0.1) is 13.7 Å². The quantitative estimate of drug-likeness (QED) is 0.620. The maximum atomic E-state index is 14.0. The number of halogens is 1. The van der Waals surface area contributed by atoms with Gasteiger partial charge >= 0.3 is 0 Å². The van der Waals surface area contributed by atoms with Crippen LogP contribution in [0.15, 0.2) is 48.5 Å². The highest BCUT2D eigenvalue weighted by molar-refractivity contribution is 5.87. The predicted octanol–water partition coefficient (Wildman–Crippen LogP) is 3.16.